The Labute approximate surface area is 100 Å². The molecule has 84 valence electrons. The third-order valence-electron chi connectivity index (χ3n) is 3.96. The molecule has 0 bridgehead atoms. The number of carbonyl (C=O) groups excluding carboxylic acids is 1. The van der Waals surface area contributed by atoms with Crippen LogP contribution in [0.25, 0.3) is 0 Å². The summed E-state index contributed by atoms with van der Waals surface area (Å²) in [7, 11) is 0. The number of esters is 1. The summed E-state index contributed by atoms with van der Waals surface area (Å²) in [5, 5.41) is 9.37. The van der Waals surface area contributed by atoms with Gasteiger partial charge in [-0.1, -0.05) is 0 Å². The van der Waals surface area contributed by atoms with Crippen molar-refractivity contribution in [2.45, 2.75) is 26.2 Å². The Kier molecular flexibility index (Phi) is 1.98. The lowest BCUT2D eigenvalue weighted by atomic mass is 9.63. The summed E-state index contributed by atoms with van der Waals surface area (Å²) in [6.07, 6.45) is 8.76. The van der Waals surface area contributed by atoms with Gasteiger partial charge >= 0.3 is 11.7 Å². The number of rotatable bonds is 0. The molecule has 0 amide bonds. The van der Waals surface area contributed by atoms with Crippen molar-refractivity contribution in [1.29, 1.82) is 5.26 Å². The van der Waals surface area contributed by atoms with E-state index in [2.05, 4.69) is 12.1 Å². The fraction of sp³-hybridized carbons (Fsp3) is 0.429. The van der Waals surface area contributed by atoms with Crippen molar-refractivity contribution in [3.63, 3.8) is 0 Å². The first-order chi connectivity index (χ1) is 8.14. The van der Waals surface area contributed by atoms with E-state index in [1.54, 1.807) is 6.08 Å². The maximum atomic E-state index is 11.6. The SMILES string of the molecule is C[C@]1(C#N)CCC2=C3C(=[C+]C=C2)OC(=O)C[C@H]31. The third kappa shape index (κ3) is 1.35. The lowest BCUT2D eigenvalue weighted by Crippen LogP contribution is -2.38. The number of allylic oxidation sites excluding steroid dienone is 5. The van der Waals surface area contributed by atoms with Crippen molar-refractivity contribution in [2.75, 3.05) is 0 Å². The lowest BCUT2D eigenvalue weighted by molar-refractivity contribution is -0.143. The molecule has 3 rings (SSSR count). The number of nitriles is 1. The Hall–Kier alpha value is -1.91. The largest absolute Gasteiger partial charge is 0.393 e. The number of nitrogens with zero attached hydrogens (tertiary/aromatic N) is 1. The molecule has 3 nitrogen and oxygen atoms in total. The average Bonchev–Trinajstić information content (AvgIpc) is 2.33. The van der Waals surface area contributed by atoms with Gasteiger partial charge in [0.15, 0.2) is 0 Å². The summed E-state index contributed by atoms with van der Waals surface area (Å²) in [6, 6.07) is 2.38. The molecule has 1 saturated heterocycles. The van der Waals surface area contributed by atoms with Crippen LogP contribution in [0.5, 0.6) is 0 Å². The molecule has 1 heterocycles. The van der Waals surface area contributed by atoms with Gasteiger partial charge in [-0.25, -0.2) is 0 Å². The minimum absolute atomic E-state index is 0.0371. The predicted molar refractivity (Wildman–Crippen MR) is 60.1 cm³/mol. The third-order valence-corrected chi connectivity index (χ3v) is 3.96. The van der Waals surface area contributed by atoms with Crippen LogP contribution < -0.4 is 0 Å². The zero-order valence-corrected chi connectivity index (χ0v) is 9.62. The van der Waals surface area contributed by atoms with Crippen LogP contribution in [-0.4, -0.2) is 5.97 Å². The Bertz CT molecular complexity index is 533. The minimum atomic E-state index is -0.462. The Morgan fingerprint density at radius 2 is 2.47 bits per heavy atom. The van der Waals surface area contributed by atoms with E-state index in [1.807, 2.05) is 13.0 Å². The summed E-state index contributed by atoms with van der Waals surface area (Å²) in [5.74, 6) is 0.245. The van der Waals surface area contributed by atoms with Gasteiger partial charge in [-0.05, 0) is 19.8 Å². The van der Waals surface area contributed by atoms with Crippen LogP contribution in [0.15, 0.2) is 29.1 Å². The molecule has 3 aliphatic rings. The van der Waals surface area contributed by atoms with Crippen LogP contribution in [0.4, 0.5) is 0 Å². The maximum Gasteiger partial charge on any atom is 0.315 e. The Morgan fingerprint density at radius 1 is 1.65 bits per heavy atom. The van der Waals surface area contributed by atoms with E-state index in [0.29, 0.717) is 12.2 Å². The fourth-order valence-corrected chi connectivity index (χ4v) is 2.89. The van der Waals surface area contributed by atoms with Gasteiger partial charge in [-0.3, -0.25) is 4.79 Å². The zero-order valence-electron chi connectivity index (χ0n) is 9.62. The van der Waals surface area contributed by atoms with E-state index in [9.17, 15) is 10.1 Å². The highest BCUT2D eigenvalue weighted by Gasteiger charge is 2.51. The summed E-state index contributed by atoms with van der Waals surface area (Å²) < 4.78 is 5.21. The molecule has 0 aromatic carbocycles. The molecule has 0 saturated carbocycles. The monoisotopic (exact) mass is 226 g/mol. The van der Waals surface area contributed by atoms with E-state index in [1.165, 1.54) is 5.57 Å². The molecule has 0 aromatic heterocycles. The van der Waals surface area contributed by atoms with Gasteiger partial charge in [0.2, 0.25) is 0 Å². The highest BCUT2D eigenvalue weighted by atomic mass is 16.5. The van der Waals surface area contributed by atoms with Crippen molar-refractivity contribution in [3.8, 4) is 6.07 Å². The van der Waals surface area contributed by atoms with E-state index >= 15 is 0 Å². The molecule has 0 N–H and O–H groups in total. The first-order valence-corrected chi connectivity index (χ1v) is 5.79. The van der Waals surface area contributed by atoms with Crippen LogP contribution >= 0.6 is 0 Å². The maximum absolute atomic E-state index is 11.6. The van der Waals surface area contributed by atoms with Gasteiger partial charge in [0, 0.05) is 0 Å². The van der Waals surface area contributed by atoms with Gasteiger partial charge < -0.3 is 4.74 Å². The standard InChI is InChI=1S/C14H12NO2/c1-14(8-15)6-5-9-3-2-4-11-13(9)10(14)7-12(16)17-11/h2-3,10H,5-7H2,1H3/q+1/t10-,14-/m1/s1. The summed E-state index contributed by atoms with van der Waals surface area (Å²) in [4.78, 5) is 11.6. The van der Waals surface area contributed by atoms with Gasteiger partial charge in [0.05, 0.1) is 41.5 Å². The second-order valence-corrected chi connectivity index (χ2v) is 5.01. The molecule has 17 heavy (non-hydrogen) atoms. The van der Waals surface area contributed by atoms with Crippen molar-refractivity contribution in [1.82, 2.24) is 0 Å². The number of hydrogen-bond donors (Lipinski definition) is 0. The van der Waals surface area contributed by atoms with Crippen LogP contribution in [0.1, 0.15) is 26.2 Å². The van der Waals surface area contributed by atoms with E-state index < -0.39 is 5.41 Å². The highest BCUT2D eigenvalue weighted by Crippen LogP contribution is 2.51. The van der Waals surface area contributed by atoms with Crippen molar-refractivity contribution >= 4 is 5.97 Å². The molecule has 1 fully saturated rings. The molecule has 0 spiro atoms. The molecule has 2 aliphatic carbocycles. The number of ether oxygens (including phenoxy) is 1. The molecular formula is C14H12NO2+. The van der Waals surface area contributed by atoms with Gasteiger partial charge in [0.25, 0.3) is 0 Å². The van der Waals surface area contributed by atoms with Gasteiger partial charge in [0.1, 0.15) is 11.6 Å². The number of hydrogen-bond acceptors (Lipinski definition) is 3. The fourth-order valence-electron chi connectivity index (χ4n) is 2.89. The van der Waals surface area contributed by atoms with Crippen LogP contribution in [0, 0.1) is 28.7 Å². The smallest absolute Gasteiger partial charge is 0.315 e. The first-order valence-electron chi connectivity index (χ1n) is 5.79. The van der Waals surface area contributed by atoms with Crippen molar-refractivity contribution in [3.05, 3.63) is 35.1 Å². The quantitative estimate of drug-likeness (QED) is 0.471. The summed E-state index contributed by atoms with van der Waals surface area (Å²) in [6.45, 7) is 1.94. The predicted octanol–water partition coefficient (Wildman–Crippen LogP) is 2.43. The summed E-state index contributed by atoms with van der Waals surface area (Å²) in [5.41, 5.74) is 1.77. The molecule has 0 aromatic rings. The van der Waals surface area contributed by atoms with Crippen LogP contribution in [0.2, 0.25) is 0 Å². The Balaban J connectivity index is 2.16. The van der Waals surface area contributed by atoms with Gasteiger partial charge in [-0.2, -0.15) is 5.26 Å². The van der Waals surface area contributed by atoms with E-state index in [4.69, 9.17) is 4.74 Å². The van der Waals surface area contributed by atoms with Crippen molar-refractivity contribution in [2.24, 2.45) is 11.3 Å². The topological polar surface area (TPSA) is 50.1 Å². The normalized spacial score (nSPS) is 34.2. The molecule has 1 aliphatic heterocycles. The summed E-state index contributed by atoms with van der Waals surface area (Å²) >= 11 is 0. The highest BCUT2D eigenvalue weighted by molar-refractivity contribution is 5.76. The second kappa shape index (κ2) is 3.29. The average molecular weight is 226 g/mol. The zero-order chi connectivity index (χ0) is 12.0. The molecule has 2 atom stereocenters. The molecule has 0 unspecified atom stereocenters. The first kappa shape index (κ1) is 10.3. The Morgan fingerprint density at radius 3 is 3.24 bits per heavy atom. The van der Waals surface area contributed by atoms with Crippen LogP contribution in [-0.2, 0) is 9.53 Å². The second-order valence-electron chi connectivity index (χ2n) is 5.01. The number of carbonyl (C=O) groups is 1. The molecular weight excluding hydrogens is 214 g/mol. The van der Waals surface area contributed by atoms with E-state index in [-0.39, 0.29) is 11.9 Å². The molecule has 0 radical (unpaired) electrons. The van der Waals surface area contributed by atoms with Gasteiger partial charge in [-0.15, -0.1) is 0 Å². The van der Waals surface area contributed by atoms with E-state index in [0.717, 1.165) is 18.4 Å². The lowest BCUT2D eigenvalue weighted by Gasteiger charge is -2.37. The van der Waals surface area contributed by atoms with Crippen molar-refractivity contribution < 1.29 is 9.53 Å². The van der Waals surface area contributed by atoms with Crippen LogP contribution in [0.3, 0.4) is 0 Å². The minimum Gasteiger partial charge on any atom is -0.393 e. The molecule has 3 heteroatoms.